The highest BCUT2D eigenvalue weighted by atomic mass is 32.2. The molecular formula is C20H18N2O2S2. The molecule has 2 aliphatic rings. The summed E-state index contributed by atoms with van der Waals surface area (Å²) < 4.78 is 0.890. The van der Waals surface area contributed by atoms with Crippen LogP contribution in [-0.4, -0.2) is 39.1 Å². The SMILES string of the molecule is O=C1C(=C2SCCS2)C(=O)N(Cc2ccccc2)C1Cc1ccccn1. The summed E-state index contributed by atoms with van der Waals surface area (Å²) in [4.78, 5) is 32.3. The van der Waals surface area contributed by atoms with Gasteiger partial charge in [0.1, 0.15) is 11.6 Å². The largest absolute Gasteiger partial charge is 0.323 e. The Hall–Kier alpha value is -2.05. The summed E-state index contributed by atoms with van der Waals surface area (Å²) >= 11 is 3.24. The van der Waals surface area contributed by atoms with Crippen LogP contribution < -0.4 is 0 Å². The molecule has 2 fully saturated rings. The van der Waals surface area contributed by atoms with Crippen LogP contribution in [0.3, 0.4) is 0 Å². The highest BCUT2D eigenvalue weighted by Gasteiger charge is 2.45. The summed E-state index contributed by atoms with van der Waals surface area (Å²) in [6.45, 7) is 0.440. The predicted molar refractivity (Wildman–Crippen MR) is 106 cm³/mol. The molecule has 1 amide bonds. The van der Waals surface area contributed by atoms with E-state index in [1.54, 1.807) is 34.6 Å². The van der Waals surface area contributed by atoms with E-state index in [1.807, 2.05) is 48.5 Å². The number of nitrogens with zero attached hydrogens (tertiary/aromatic N) is 2. The summed E-state index contributed by atoms with van der Waals surface area (Å²) in [5, 5.41) is 0. The van der Waals surface area contributed by atoms with Gasteiger partial charge >= 0.3 is 0 Å². The molecule has 1 aromatic heterocycles. The Morgan fingerprint density at radius 2 is 1.73 bits per heavy atom. The third-order valence-corrected chi connectivity index (χ3v) is 7.19. The number of hydrogen-bond donors (Lipinski definition) is 0. The fraction of sp³-hybridized carbons (Fsp3) is 0.250. The zero-order valence-corrected chi connectivity index (χ0v) is 15.8. The number of hydrogen-bond acceptors (Lipinski definition) is 5. The van der Waals surface area contributed by atoms with Gasteiger partial charge in [0.2, 0.25) is 0 Å². The van der Waals surface area contributed by atoms with Crippen LogP contribution in [0.5, 0.6) is 0 Å². The molecular weight excluding hydrogens is 364 g/mol. The molecule has 0 bridgehead atoms. The molecule has 6 heteroatoms. The van der Waals surface area contributed by atoms with Crippen molar-refractivity contribution in [1.82, 2.24) is 9.88 Å². The number of carbonyl (C=O) groups excluding carboxylic acids is 2. The van der Waals surface area contributed by atoms with Crippen molar-refractivity contribution in [1.29, 1.82) is 0 Å². The van der Waals surface area contributed by atoms with Crippen LogP contribution in [0.15, 0.2) is 64.5 Å². The maximum Gasteiger partial charge on any atom is 0.260 e. The van der Waals surface area contributed by atoms with Crippen LogP contribution in [0.25, 0.3) is 0 Å². The van der Waals surface area contributed by atoms with Crippen molar-refractivity contribution in [3.8, 4) is 0 Å². The zero-order chi connectivity index (χ0) is 17.9. The highest BCUT2D eigenvalue weighted by Crippen LogP contribution is 2.42. The fourth-order valence-electron chi connectivity index (χ4n) is 3.22. The summed E-state index contributed by atoms with van der Waals surface area (Å²) in [6.07, 6.45) is 2.17. The Bertz CT molecular complexity index is 783. The second-order valence-electron chi connectivity index (χ2n) is 6.18. The van der Waals surface area contributed by atoms with Gasteiger partial charge in [-0.05, 0) is 17.7 Å². The summed E-state index contributed by atoms with van der Waals surface area (Å²) in [5.41, 5.74) is 2.24. The first-order valence-corrected chi connectivity index (χ1v) is 10.5. The van der Waals surface area contributed by atoms with Gasteiger partial charge < -0.3 is 4.90 Å². The van der Waals surface area contributed by atoms with E-state index >= 15 is 0 Å². The van der Waals surface area contributed by atoms with E-state index in [0.717, 1.165) is 27.0 Å². The van der Waals surface area contributed by atoms with Crippen molar-refractivity contribution in [3.63, 3.8) is 0 Å². The molecule has 1 unspecified atom stereocenters. The smallest absolute Gasteiger partial charge is 0.260 e. The van der Waals surface area contributed by atoms with E-state index in [1.165, 1.54) is 0 Å². The van der Waals surface area contributed by atoms with Gasteiger partial charge in [-0.2, -0.15) is 0 Å². The molecule has 0 spiro atoms. The molecule has 0 aliphatic carbocycles. The normalized spacial score (nSPS) is 20.3. The quantitative estimate of drug-likeness (QED) is 0.600. The van der Waals surface area contributed by atoms with Crippen LogP contribution in [0, 0.1) is 0 Å². The van der Waals surface area contributed by atoms with E-state index in [2.05, 4.69) is 4.98 Å². The molecule has 132 valence electrons. The number of likely N-dealkylation sites (tertiary alicyclic amines) is 1. The number of carbonyl (C=O) groups is 2. The summed E-state index contributed by atoms with van der Waals surface area (Å²) in [7, 11) is 0. The van der Waals surface area contributed by atoms with Crippen LogP contribution in [0.2, 0.25) is 0 Å². The predicted octanol–water partition coefficient (Wildman–Crippen LogP) is 3.30. The second kappa shape index (κ2) is 7.68. The van der Waals surface area contributed by atoms with Gasteiger partial charge in [0, 0.05) is 36.4 Å². The molecule has 4 rings (SSSR count). The lowest BCUT2D eigenvalue weighted by atomic mass is 10.0. The standard InChI is InChI=1S/C20H18N2O2S2/c23-18-16(12-15-8-4-5-9-21-15)22(13-14-6-2-1-3-7-14)19(24)17(18)20-25-10-11-26-20/h1-9,16H,10-13H2. The van der Waals surface area contributed by atoms with Gasteiger partial charge in [-0.3, -0.25) is 14.6 Å². The molecule has 2 aliphatic heterocycles. The van der Waals surface area contributed by atoms with Crippen LogP contribution >= 0.6 is 23.5 Å². The van der Waals surface area contributed by atoms with E-state index < -0.39 is 6.04 Å². The molecule has 2 saturated heterocycles. The maximum absolute atomic E-state index is 13.1. The molecule has 0 radical (unpaired) electrons. The Morgan fingerprint density at radius 3 is 2.42 bits per heavy atom. The van der Waals surface area contributed by atoms with Crippen molar-refractivity contribution in [2.24, 2.45) is 0 Å². The van der Waals surface area contributed by atoms with Gasteiger partial charge in [-0.1, -0.05) is 36.4 Å². The minimum atomic E-state index is -0.484. The fourth-order valence-corrected chi connectivity index (χ4v) is 5.76. The van der Waals surface area contributed by atoms with Gasteiger partial charge in [0.05, 0.1) is 4.24 Å². The van der Waals surface area contributed by atoms with Gasteiger partial charge in [-0.25, -0.2) is 0 Å². The maximum atomic E-state index is 13.1. The number of pyridine rings is 1. The second-order valence-corrected chi connectivity index (χ2v) is 8.65. The third kappa shape index (κ3) is 3.44. The Morgan fingerprint density at radius 1 is 1.00 bits per heavy atom. The van der Waals surface area contributed by atoms with E-state index in [0.29, 0.717) is 18.5 Å². The summed E-state index contributed by atoms with van der Waals surface area (Å²) in [6, 6.07) is 15.0. The van der Waals surface area contributed by atoms with Crippen LogP contribution in [0.1, 0.15) is 11.3 Å². The van der Waals surface area contributed by atoms with Crippen molar-refractivity contribution < 1.29 is 9.59 Å². The number of ketones is 1. The lowest BCUT2D eigenvalue weighted by molar-refractivity contribution is -0.127. The van der Waals surface area contributed by atoms with E-state index in [9.17, 15) is 9.59 Å². The van der Waals surface area contributed by atoms with E-state index in [-0.39, 0.29) is 11.7 Å². The van der Waals surface area contributed by atoms with Gasteiger partial charge in [0.15, 0.2) is 5.78 Å². The number of benzene rings is 1. The molecule has 2 aromatic rings. The van der Waals surface area contributed by atoms with Crippen molar-refractivity contribution in [3.05, 3.63) is 75.8 Å². The average molecular weight is 383 g/mol. The lowest BCUT2D eigenvalue weighted by Crippen LogP contribution is -2.36. The number of thioether (sulfide) groups is 2. The Balaban J connectivity index is 1.68. The summed E-state index contributed by atoms with van der Waals surface area (Å²) in [5.74, 6) is 1.70. The van der Waals surface area contributed by atoms with Crippen molar-refractivity contribution in [2.45, 2.75) is 19.0 Å². The zero-order valence-electron chi connectivity index (χ0n) is 14.1. The van der Waals surface area contributed by atoms with Crippen LogP contribution in [0.4, 0.5) is 0 Å². The molecule has 0 N–H and O–H groups in total. The third-order valence-electron chi connectivity index (χ3n) is 4.48. The highest BCUT2D eigenvalue weighted by molar-refractivity contribution is 8.25. The number of amides is 1. The van der Waals surface area contributed by atoms with Gasteiger partial charge in [-0.15, -0.1) is 23.5 Å². The number of aromatic nitrogens is 1. The monoisotopic (exact) mass is 382 g/mol. The lowest BCUT2D eigenvalue weighted by Gasteiger charge is -2.23. The number of Topliss-reactive ketones (excluding diaryl/α,β-unsaturated/α-hetero) is 1. The Labute approximate surface area is 161 Å². The topological polar surface area (TPSA) is 50.3 Å². The van der Waals surface area contributed by atoms with Crippen LogP contribution in [-0.2, 0) is 22.6 Å². The first-order chi connectivity index (χ1) is 12.7. The van der Waals surface area contributed by atoms with E-state index in [4.69, 9.17) is 0 Å². The molecule has 26 heavy (non-hydrogen) atoms. The average Bonchev–Trinajstić information content (AvgIpc) is 3.26. The van der Waals surface area contributed by atoms with Crippen molar-refractivity contribution >= 4 is 35.2 Å². The molecule has 1 aromatic carbocycles. The minimum absolute atomic E-state index is 0.0616. The minimum Gasteiger partial charge on any atom is -0.323 e. The first kappa shape index (κ1) is 17.4. The van der Waals surface area contributed by atoms with Crippen molar-refractivity contribution in [2.75, 3.05) is 11.5 Å². The Kier molecular flexibility index (Phi) is 5.13. The molecule has 0 saturated carbocycles. The number of rotatable bonds is 4. The first-order valence-electron chi connectivity index (χ1n) is 8.53. The molecule has 4 nitrogen and oxygen atoms in total. The molecule has 1 atom stereocenters. The molecule has 3 heterocycles. The van der Waals surface area contributed by atoms with Gasteiger partial charge in [0.25, 0.3) is 5.91 Å².